The van der Waals surface area contributed by atoms with Gasteiger partial charge in [-0.05, 0) is 50.2 Å². The zero-order chi connectivity index (χ0) is 24.4. The second kappa shape index (κ2) is 10.0. The summed E-state index contributed by atoms with van der Waals surface area (Å²) in [4.78, 5) is 22.9. The molecule has 182 valence electrons. The molecule has 0 aliphatic carbocycles. The maximum atomic E-state index is 13.3. The highest BCUT2D eigenvalue weighted by molar-refractivity contribution is 6.06. The van der Waals surface area contributed by atoms with Crippen LogP contribution in [0.25, 0.3) is 22.5 Å². The number of nitrogens with one attached hydrogen (secondary N) is 1. The van der Waals surface area contributed by atoms with Crippen LogP contribution in [0.1, 0.15) is 41.4 Å². The highest BCUT2D eigenvalue weighted by Crippen LogP contribution is 2.26. The predicted molar refractivity (Wildman–Crippen MR) is 136 cm³/mol. The first kappa shape index (κ1) is 23.3. The lowest BCUT2D eigenvalue weighted by atomic mass is 10.1. The Morgan fingerprint density at radius 3 is 2.63 bits per heavy atom. The first-order chi connectivity index (χ1) is 17.0. The van der Waals surface area contributed by atoms with Crippen molar-refractivity contribution in [2.75, 3.05) is 33.2 Å². The van der Waals surface area contributed by atoms with E-state index in [2.05, 4.69) is 51.5 Å². The molecule has 4 heterocycles. The Balaban J connectivity index is 1.35. The summed E-state index contributed by atoms with van der Waals surface area (Å²) >= 11 is 0. The SMILES string of the molecule is CC(C)n1ncc2c(C(=O)NCc3cccc(CN4CCN(C)CC4)c3)cc(-c3ccco3)nc21. The molecule has 3 aromatic heterocycles. The van der Waals surface area contributed by atoms with E-state index in [9.17, 15) is 4.79 Å². The number of carbonyl (C=O) groups is 1. The number of furan rings is 1. The summed E-state index contributed by atoms with van der Waals surface area (Å²) in [5, 5.41) is 8.32. The van der Waals surface area contributed by atoms with Crippen LogP contribution in [0, 0.1) is 0 Å². The van der Waals surface area contributed by atoms with Crippen molar-refractivity contribution >= 4 is 16.9 Å². The van der Waals surface area contributed by atoms with Gasteiger partial charge in [-0.25, -0.2) is 9.67 Å². The van der Waals surface area contributed by atoms with Gasteiger partial charge in [0, 0.05) is 45.3 Å². The van der Waals surface area contributed by atoms with Crippen molar-refractivity contribution in [2.45, 2.75) is 33.0 Å². The smallest absolute Gasteiger partial charge is 0.252 e. The van der Waals surface area contributed by atoms with Crippen LogP contribution in [0.4, 0.5) is 0 Å². The van der Waals surface area contributed by atoms with Gasteiger partial charge in [0.05, 0.1) is 23.4 Å². The molecule has 1 aliphatic heterocycles. The Bertz CT molecular complexity index is 1300. The van der Waals surface area contributed by atoms with E-state index in [1.165, 1.54) is 5.56 Å². The summed E-state index contributed by atoms with van der Waals surface area (Å²) in [5.74, 6) is 0.465. The second-order valence-corrected chi connectivity index (χ2v) is 9.53. The fourth-order valence-electron chi connectivity index (χ4n) is 4.51. The van der Waals surface area contributed by atoms with E-state index in [4.69, 9.17) is 9.40 Å². The summed E-state index contributed by atoms with van der Waals surface area (Å²) in [5.41, 5.74) is 4.18. The van der Waals surface area contributed by atoms with Crippen LogP contribution in [0.5, 0.6) is 0 Å². The van der Waals surface area contributed by atoms with E-state index in [0.717, 1.165) is 43.7 Å². The summed E-state index contributed by atoms with van der Waals surface area (Å²) < 4.78 is 7.39. The summed E-state index contributed by atoms with van der Waals surface area (Å²) in [6.45, 7) is 9.84. The topological polar surface area (TPSA) is 79.4 Å². The van der Waals surface area contributed by atoms with Gasteiger partial charge in [0.15, 0.2) is 11.4 Å². The first-order valence-corrected chi connectivity index (χ1v) is 12.2. The van der Waals surface area contributed by atoms with Gasteiger partial charge >= 0.3 is 0 Å². The highest BCUT2D eigenvalue weighted by atomic mass is 16.3. The Kier molecular flexibility index (Phi) is 6.66. The van der Waals surface area contributed by atoms with Gasteiger partial charge in [0.2, 0.25) is 0 Å². The van der Waals surface area contributed by atoms with Gasteiger partial charge in [-0.1, -0.05) is 24.3 Å². The standard InChI is InChI=1S/C27H32N6O2/c1-19(2)33-26-23(17-29-33)22(15-24(30-26)25-8-5-13-35-25)27(34)28-16-20-6-4-7-21(14-20)18-32-11-9-31(3)10-12-32/h4-8,13-15,17,19H,9-12,16,18H2,1-3H3,(H,28,34). The molecule has 4 aromatic rings. The van der Waals surface area contributed by atoms with Crippen LogP contribution in [-0.2, 0) is 13.1 Å². The van der Waals surface area contributed by atoms with Crippen molar-refractivity contribution < 1.29 is 9.21 Å². The summed E-state index contributed by atoms with van der Waals surface area (Å²) in [6.07, 6.45) is 3.33. The molecule has 0 radical (unpaired) electrons. The van der Waals surface area contributed by atoms with Gasteiger partial charge in [0.1, 0.15) is 5.69 Å². The molecule has 0 atom stereocenters. The number of rotatable bonds is 7. The average Bonchev–Trinajstić information content (AvgIpc) is 3.54. The summed E-state index contributed by atoms with van der Waals surface area (Å²) in [7, 11) is 2.17. The number of fused-ring (bicyclic) bond motifs is 1. The van der Waals surface area contributed by atoms with Crippen molar-refractivity contribution in [1.82, 2.24) is 29.9 Å². The molecule has 8 heteroatoms. The normalized spacial score (nSPS) is 15.2. The fraction of sp³-hybridized carbons (Fsp3) is 0.370. The van der Waals surface area contributed by atoms with Crippen molar-refractivity contribution in [2.24, 2.45) is 0 Å². The van der Waals surface area contributed by atoms with Gasteiger partial charge in [-0.2, -0.15) is 5.10 Å². The zero-order valence-electron chi connectivity index (χ0n) is 20.6. The number of benzene rings is 1. The molecule has 35 heavy (non-hydrogen) atoms. The van der Waals surface area contributed by atoms with Crippen molar-refractivity contribution in [3.63, 3.8) is 0 Å². The van der Waals surface area contributed by atoms with E-state index in [1.54, 1.807) is 18.5 Å². The molecule has 0 saturated carbocycles. The Labute approximate surface area is 205 Å². The minimum Gasteiger partial charge on any atom is -0.463 e. The van der Waals surface area contributed by atoms with Gasteiger partial charge in [0.25, 0.3) is 5.91 Å². The van der Waals surface area contributed by atoms with Crippen LogP contribution >= 0.6 is 0 Å². The fourth-order valence-corrected chi connectivity index (χ4v) is 4.51. The van der Waals surface area contributed by atoms with Crippen LogP contribution in [0.3, 0.4) is 0 Å². The number of hydrogen-bond donors (Lipinski definition) is 1. The third-order valence-corrected chi connectivity index (χ3v) is 6.52. The maximum absolute atomic E-state index is 13.3. The zero-order valence-corrected chi connectivity index (χ0v) is 20.6. The molecule has 5 rings (SSSR count). The minimum absolute atomic E-state index is 0.116. The molecule has 1 fully saturated rings. The quantitative estimate of drug-likeness (QED) is 0.439. The predicted octanol–water partition coefficient (Wildman–Crippen LogP) is 3.95. The Morgan fingerprint density at radius 2 is 1.89 bits per heavy atom. The van der Waals surface area contributed by atoms with Crippen LogP contribution in [0.15, 0.2) is 59.3 Å². The molecule has 1 N–H and O–H groups in total. The number of carbonyl (C=O) groups excluding carboxylic acids is 1. The van der Waals surface area contributed by atoms with Crippen molar-refractivity contribution in [3.8, 4) is 11.5 Å². The molecule has 0 spiro atoms. The van der Waals surface area contributed by atoms with Gasteiger partial charge in [-0.15, -0.1) is 0 Å². The lowest BCUT2D eigenvalue weighted by Crippen LogP contribution is -2.43. The molecule has 0 bridgehead atoms. The number of aromatic nitrogens is 3. The number of amides is 1. The van der Waals surface area contributed by atoms with Crippen molar-refractivity contribution in [3.05, 3.63) is 71.6 Å². The van der Waals surface area contributed by atoms with Gasteiger partial charge < -0.3 is 14.6 Å². The molecule has 8 nitrogen and oxygen atoms in total. The molecule has 1 amide bonds. The monoisotopic (exact) mass is 472 g/mol. The van der Waals surface area contributed by atoms with E-state index >= 15 is 0 Å². The largest absolute Gasteiger partial charge is 0.463 e. The molecule has 1 saturated heterocycles. The lowest BCUT2D eigenvalue weighted by Gasteiger charge is -2.32. The Hall–Kier alpha value is -3.49. The van der Waals surface area contributed by atoms with E-state index in [1.807, 2.05) is 30.7 Å². The molecule has 1 aromatic carbocycles. The highest BCUT2D eigenvalue weighted by Gasteiger charge is 2.19. The average molecular weight is 473 g/mol. The number of pyridine rings is 1. The molecule has 1 aliphatic rings. The summed E-state index contributed by atoms with van der Waals surface area (Å²) in [6, 6.07) is 14.0. The maximum Gasteiger partial charge on any atom is 0.252 e. The number of nitrogens with zero attached hydrogens (tertiary/aromatic N) is 5. The third kappa shape index (κ3) is 5.13. The van der Waals surface area contributed by atoms with Crippen LogP contribution in [-0.4, -0.2) is 63.7 Å². The molecular weight excluding hydrogens is 440 g/mol. The first-order valence-electron chi connectivity index (χ1n) is 12.2. The van der Waals surface area contributed by atoms with Crippen LogP contribution < -0.4 is 5.32 Å². The Morgan fingerprint density at radius 1 is 1.09 bits per heavy atom. The third-order valence-electron chi connectivity index (χ3n) is 6.52. The molecular formula is C27H32N6O2. The van der Waals surface area contributed by atoms with Gasteiger partial charge in [-0.3, -0.25) is 9.69 Å². The second-order valence-electron chi connectivity index (χ2n) is 9.53. The van der Waals surface area contributed by atoms with Crippen molar-refractivity contribution in [1.29, 1.82) is 0 Å². The van der Waals surface area contributed by atoms with E-state index < -0.39 is 0 Å². The van der Waals surface area contributed by atoms with Crippen LogP contribution in [0.2, 0.25) is 0 Å². The molecule has 0 unspecified atom stereocenters. The lowest BCUT2D eigenvalue weighted by molar-refractivity contribution is 0.0952. The van der Waals surface area contributed by atoms with E-state index in [-0.39, 0.29) is 11.9 Å². The number of likely N-dealkylation sites (N-methyl/N-ethyl adjacent to an activating group) is 1. The minimum atomic E-state index is -0.155. The van der Waals surface area contributed by atoms with E-state index in [0.29, 0.717) is 29.2 Å². The number of piperazine rings is 1. The number of hydrogen-bond acceptors (Lipinski definition) is 6.